The van der Waals surface area contributed by atoms with Crippen LogP contribution >= 0.6 is 11.3 Å². The summed E-state index contributed by atoms with van der Waals surface area (Å²) < 4.78 is 5.24. The maximum Gasteiger partial charge on any atom is 0.185 e. The van der Waals surface area contributed by atoms with Crippen molar-refractivity contribution < 1.29 is 4.74 Å². The molecule has 0 radical (unpaired) electrons. The standard InChI is InChI=1S/C15H29N3OS/c1-7-11(3)14-13(9-16-8-2)20-15(17-14)18(5)12(4)10-19-6/h11-12,16H,7-10H2,1-6H3. The van der Waals surface area contributed by atoms with Gasteiger partial charge in [0.25, 0.3) is 0 Å². The lowest BCUT2D eigenvalue weighted by molar-refractivity contribution is 0.183. The first kappa shape index (κ1) is 17.4. The van der Waals surface area contributed by atoms with Crippen molar-refractivity contribution in [3.8, 4) is 0 Å². The maximum absolute atomic E-state index is 5.24. The van der Waals surface area contributed by atoms with Crippen LogP contribution in [0, 0.1) is 0 Å². The first-order valence-electron chi connectivity index (χ1n) is 7.47. The molecule has 0 aromatic carbocycles. The largest absolute Gasteiger partial charge is 0.383 e. The predicted octanol–water partition coefficient (Wildman–Crippen LogP) is 3.24. The van der Waals surface area contributed by atoms with Crippen molar-refractivity contribution in [2.75, 3.05) is 32.2 Å². The van der Waals surface area contributed by atoms with Crippen molar-refractivity contribution in [3.05, 3.63) is 10.6 Å². The Morgan fingerprint density at radius 1 is 1.35 bits per heavy atom. The smallest absolute Gasteiger partial charge is 0.185 e. The summed E-state index contributed by atoms with van der Waals surface area (Å²) in [6.45, 7) is 11.4. The van der Waals surface area contributed by atoms with Gasteiger partial charge in [-0.15, -0.1) is 11.3 Å². The van der Waals surface area contributed by atoms with Crippen molar-refractivity contribution >= 4 is 16.5 Å². The molecule has 0 bridgehead atoms. The molecule has 0 saturated heterocycles. The molecule has 0 aliphatic rings. The molecule has 0 fully saturated rings. The molecule has 116 valence electrons. The van der Waals surface area contributed by atoms with Crippen LogP contribution in [0.1, 0.15) is 50.6 Å². The zero-order valence-corrected chi connectivity index (χ0v) is 14.5. The third-order valence-electron chi connectivity index (χ3n) is 3.70. The molecule has 20 heavy (non-hydrogen) atoms. The molecule has 0 saturated carbocycles. The van der Waals surface area contributed by atoms with Gasteiger partial charge in [-0.3, -0.25) is 0 Å². The van der Waals surface area contributed by atoms with Gasteiger partial charge in [0, 0.05) is 25.6 Å². The number of hydrogen-bond donors (Lipinski definition) is 1. The van der Waals surface area contributed by atoms with Gasteiger partial charge < -0.3 is 15.0 Å². The summed E-state index contributed by atoms with van der Waals surface area (Å²) in [6.07, 6.45) is 1.12. The molecule has 1 rings (SSSR count). The SMILES string of the molecule is CCNCc1sc(N(C)C(C)COC)nc1C(C)CC. The summed E-state index contributed by atoms with van der Waals surface area (Å²) in [7, 11) is 3.84. The van der Waals surface area contributed by atoms with Crippen LogP contribution in [-0.2, 0) is 11.3 Å². The van der Waals surface area contributed by atoms with E-state index in [9.17, 15) is 0 Å². The monoisotopic (exact) mass is 299 g/mol. The van der Waals surface area contributed by atoms with Crippen molar-refractivity contribution in [1.29, 1.82) is 0 Å². The molecule has 1 N–H and O–H groups in total. The van der Waals surface area contributed by atoms with Crippen molar-refractivity contribution in [2.24, 2.45) is 0 Å². The third kappa shape index (κ3) is 4.43. The summed E-state index contributed by atoms with van der Waals surface area (Å²) in [5.41, 5.74) is 1.25. The van der Waals surface area contributed by atoms with E-state index in [1.807, 2.05) is 0 Å². The number of nitrogens with one attached hydrogen (secondary N) is 1. The number of aromatic nitrogens is 1. The van der Waals surface area contributed by atoms with E-state index in [-0.39, 0.29) is 0 Å². The summed E-state index contributed by atoms with van der Waals surface area (Å²) in [6, 6.07) is 0.336. The van der Waals surface area contributed by atoms with Gasteiger partial charge in [-0.2, -0.15) is 0 Å². The topological polar surface area (TPSA) is 37.4 Å². The fraction of sp³-hybridized carbons (Fsp3) is 0.800. The lowest BCUT2D eigenvalue weighted by Crippen LogP contribution is -2.32. The third-order valence-corrected chi connectivity index (χ3v) is 4.86. The van der Waals surface area contributed by atoms with Crippen molar-refractivity contribution in [1.82, 2.24) is 10.3 Å². The maximum atomic E-state index is 5.24. The predicted molar refractivity (Wildman–Crippen MR) is 87.9 cm³/mol. The molecule has 1 heterocycles. The summed E-state index contributed by atoms with van der Waals surface area (Å²) in [5, 5.41) is 4.51. The number of anilines is 1. The van der Waals surface area contributed by atoms with Crippen molar-refractivity contribution in [2.45, 2.75) is 52.6 Å². The minimum absolute atomic E-state index is 0.336. The van der Waals surface area contributed by atoms with Crippen LogP contribution in [-0.4, -0.2) is 38.3 Å². The highest BCUT2D eigenvalue weighted by molar-refractivity contribution is 7.15. The Morgan fingerprint density at radius 3 is 2.60 bits per heavy atom. The summed E-state index contributed by atoms with van der Waals surface area (Å²) in [4.78, 5) is 8.47. The van der Waals surface area contributed by atoms with E-state index in [0.29, 0.717) is 12.0 Å². The Labute approximate surface area is 127 Å². The molecule has 5 heteroatoms. The summed E-state index contributed by atoms with van der Waals surface area (Å²) in [5.74, 6) is 0.514. The molecule has 4 nitrogen and oxygen atoms in total. The molecular weight excluding hydrogens is 270 g/mol. The quantitative estimate of drug-likeness (QED) is 0.759. The lowest BCUT2D eigenvalue weighted by atomic mass is 10.0. The van der Waals surface area contributed by atoms with Gasteiger partial charge in [0.15, 0.2) is 5.13 Å². The van der Waals surface area contributed by atoms with E-state index in [4.69, 9.17) is 9.72 Å². The second-order valence-corrected chi connectivity index (χ2v) is 6.37. The van der Waals surface area contributed by atoms with Gasteiger partial charge in [-0.25, -0.2) is 4.98 Å². The molecule has 1 aromatic heterocycles. The molecular formula is C15H29N3OS. The Hall–Kier alpha value is -0.650. The Kier molecular flexibility index (Phi) is 7.48. The van der Waals surface area contributed by atoms with Gasteiger partial charge in [-0.1, -0.05) is 20.8 Å². The molecule has 0 aliphatic carbocycles. The van der Waals surface area contributed by atoms with E-state index >= 15 is 0 Å². The number of thiazole rings is 1. The van der Waals surface area contributed by atoms with Crippen LogP contribution in [0.3, 0.4) is 0 Å². The minimum atomic E-state index is 0.336. The van der Waals surface area contributed by atoms with Gasteiger partial charge in [0.1, 0.15) is 0 Å². The number of likely N-dealkylation sites (N-methyl/N-ethyl adjacent to an activating group) is 1. The van der Waals surface area contributed by atoms with E-state index in [0.717, 1.165) is 31.2 Å². The molecule has 0 aliphatic heterocycles. The molecule has 0 amide bonds. The molecule has 0 spiro atoms. The number of methoxy groups -OCH3 is 1. The fourth-order valence-corrected chi connectivity index (χ4v) is 3.20. The van der Waals surface area contributed by atoms with Crippen LogP contribution in [0.25, 0.3) is 0 Å². The first-order valence-corrected chi connectivity index (χ1v) is 8.28. The van der Waals surface area contributed by atoms with Crippen LogP contribution in [0.4, 0.5) is 5.13 Å². The average Bonchev–Trinajstić information content (AvgIpc) is 2.87. The van der Waals surface area contributed by atoms with E-state index in [1.165, 1.54) is 10.6 Å². The number of hydrogen-bond acceptors (Lipinski definition) is 5. The molecule has 2 unspecified atom stereocenters. The van der Waals surface area contributed by atoms with Crippen molar-refractivity contribution in [3.63, 3.8) is 0 Å². The first-order chi connectivity index (χ1) is 9.54. The van der Waals surface area contributed by atoms with Crippen LogP contribution in [0.5, 0.6) is 0 Å². The van der Waals surface area contributed by atoms with E-state index < -0.39 is 0 Å². The Morgan fingerprint density at radius 2 is 2.05 bits per heavy atom. The van der Waals surface area contributed by atoms with Crippen LogP contribution < -0.4 is 10.2 Å². The highest BCUT2D eigenvalue weighted by Gasteiger charge is 2.20. The second kappa shape index (κ2) is 8.60. The lowest BCUT2D eigenvalue weighted by Gasteiger charge is -2.23. The highest BCUT2D eigenvalue weighted by Crippen LogP contribution is 2.32. The average molecular weight is 299 g/mol. The van der Waals surface area contributed by atoms with Gasteiger partial charge in [-0.05, 0) is 25.8 Å². The Bertz CT molecular complexity index is 394. The highest BCUT2D eigenvalue weighted by atomic mass is 32.1. The molecule has 2 atom stereocenters. The van der Waals surface area contributed by atoms with Crippen LogP contribution in [0.2, 0.25) is 0 Å². The minimum Gasteiger partial charge on any atom is -0.383 e. The zero-order valence-electron chi connectivity index (χ0n) is 13.7. The molecule has 1 aromatic rings. The summed E-state index contributed by atoms with van der Waals surface area (Å²) >= 11 is 1.80. The van der Waals surface area contributed by atoms with Gasteiger partial charge in [0.2, 0.25) is 0 Å². The number of nitrogens with zero attached hydrogens (tertiary/aromatic N) is 2. The normalized spacial score (nSPS) is 14.3. The van der Waals surface area contributed by atoms with E-state index in [2.05, 4.69) is 45.0 Å². The zero-order chi connectivity index (χ0) is 15.1. The van der Waals surface area contributed by atoms with Crippen LogP contribution in [0.15, 0.2) is 0 Å². The van der Waals surface area contributed by atoms with Gasteiger partial charge in [0.05, 0.1) is 18.3 Å². The van der Waals surface area contributed by atoms with Gasteiger partial charge >= 0.3 is 0 Å². The second-order valence-electron chi connectivity index (χ2n) is 5.31. The Balaban J connectivity index is 2.94. The fourth-order valence-electron chi connectivity index (χ4n) is 1.99. The number of rotatable bonds is 9. The number of ether oxygens (including phenoxy) is 1. The van der Waals surface area contributed by atoms with E-state index in [1.54, 1.807) is 18.4 Å².